The lowest BCUT2D eigenvalue weighted by Gasteiger charge is -2.40. The van der Waals surface area contributed by atoms with Crippen LogP contribution in [0, 0.1) is 5.82 Å². The Morgan fingerprint density at radius 2 is 1.86 bits per heavy atom. The number of nitrogens with one attached hydrogen (secondary N) is 1. The van der Waals surface area contributed by atoms with Crippen LogP contribution in [-0.4, -0.2) is 30.1 Å². The van der Waals surface area contributed by atoms with E-state index in [4.69, 9.17) is 4.74 Å². The number of aromatic nitrogens is 1. The van der Waals surface area contributed by atoms with E-state index in [-0.39, 0.29) is 23.9 Å². The highest BCUT2D eigenvalue weighted by Gasteiger charge is 2.38. The first-order valence-electron chi connectivity index (χ1n) is 8.66. The van der Waals surface area contributed by atoms with Crippen LogP contribution in [0.4, 0.5) is 23.4 Å². The number of hydrogen-bond donors (Lipinski definition) is 1. The van der Waals surface area contributed by atoms with E-state index in [9.17, 15) is 22.4 Å². The number of carbonyl (C=O) groups excluding carboxylic acids is 1. The van der Waals surface area contributed by atoms with Gasteiger partial charge < -0.3 is 15.0 Å². The van der Waals surface area contributed by atoms with Gasteiger partial charge in [-0.25, -0.2) is 9.37 Å². The molecule has 0 unspecified atom stereocenters. The average molecular weight is 397 g/mol. The van der Waals surface area contributed by atoms with Gasteiger partial charge in [-0.05, 0) is 36.8 Å². The van der Waals surface area contributed by atoms with Crippen LogP contribution in [0.25, 0.3) is 0 Å². The van der Waals surface area contributed by atoms with Gasteiger partial charge in [-0.3, -0.25) is 4.79 Å². The Balaban J connectivity index is 1.57. The lowest BCUT2D eigenvalue weighted by Crippen LogP contribution is -2.54. The SMILES string of the molecule is CC(=O)N[C@@H](C)c1ccc(OC2CN(c3ccc(F)c(C(F)(F)F)n3)C2)cc1. The third-order valence-electron chi connectivity index (χ3n) is 4.37. The van der Waals surface area contributed by atoms with Crippen LogP contribution in [0.1, 0.15) is 31.1 Å². The minimum Gasteiger partial charge on any atom is -0.487 e. The van der Waals surface area contributed by atoms with Crippen molar-refractivity contribution in [1.29, 1.82) is 0 Å². The molecular weight excluding hydrogens is 378 g/mol. The predicted octanol–water partition coefficient (Wildman–Crippen LogP) is 3.70. The normalized spacial score (nSPS) is 15.7. The van der Waals surface area contributed by atoms with Gasteiger partial charge in [-0.1, -0.05) is 12.1 Å². The lowest BCUT2D eigenvalue weighted by molar-refractivity contribution is -0.143. The van der Waals surface area contributed by atoms with Gasteiger partial charge in [-0.2, -0.15) is 13.2 Å². The summed E-state index contributed by atoms with van der Waals surface area (Å²) in [6.07, 6.45) is -5.04. The zero-order valence-electron chi connectivity index (χ0n) is 15.3. The number of pyridine rings is 1. The van der Waals surface area contributed by atoms with Crippen LogP contribution in [0.15, 0.2) is 36.4 Å². The van der Waals surface area contributed by atoms with E-state index in [1.807, 2.05) is 19.1 Å². The molecule has 1 aliphatic heterocycles. The maximum Gasteiger partial charge on any atom is 0.436 e. The molecule has 2 aromatic rings. The van der Waals surface area contributed by atoms with Crippen LogP contribution in [-0.2, 0) is 11.0 Å². The maximum absolute atomic E-state index is 13.3. The molecule has 1 aromatic carbocycles. The van der Waals surface area contributed by atoms with Crippen molar-refractivity contribution in [3.63, 3.8) is 0 Å². The number of anilines is 1. The van der Waals surface area contributed by atoms with Crippen LogP contribution in [0.5, 0.6) is 5.75 Å². The van der Waals surface area contributed by atoms with Crippen molar-refractivity contribution in [2.75, 3.05) is 18.0 Å². The Morgan fingerprint density at radius 1 is 1.21 bits per heavy atom. The smallest absolute Gasteiger partial charge is 0.436 e. The van der Waals surface area contributed by atoms with Crippen LogP contribution >= 0.6 is 0 Å². The van der Waals surface area contributed by atoms with Gasteiger partial charge in [0, 0.05) is 6.92 Å². The molecule has 1 saturated heterocycles. The number of nitrogens with zero attached hydrogens (tertiary/aromatic N) is 2. The lowest BCUT2D eigenvalue weighted by atomic mass is 10.1. The minimum absolute atomic E-state index is 0.0630. The fourth-order valence-electron chi connectivity index (χ4n) is 2.92. The van der Waals surface area contributed by atoms with Gasteiger partial charge in [-0.15, -0.1) is 0 Å². The molecule has 28 heavy (non-hydrogen) atoms. The Hall–Kier alpha value is -2.84. The molecule has 150 valence electrons. The van der Waals surface area contributed by atoms with Crippen molar-refractivity contribution in [2.24, 2.45) is 0 Å². The molecule has 2 heterocycles. The summed E-state index contributed by atoms with van der Waals surface area (Å²) in [7, 11) is 0. The number of hydrogen-bond acceptors (Lipinski definition) is 4. The molecule has 1 atom stereocenters. The van der Waals surface area contributed by atoms with E-state index in [1.165, 1.54) is 13.0 Å². The molecule has 9 heteroatoms. The zero-order valence-corrected chi connectivity index (χ0v) is 15.3. The Kier molecular flexibility index (Phi) is 5.44. The summed E-state index contributed by atoms with van der Waals surface area (Å²) in [6, 6.07) is 9.08. The molecule has 1 fully saturated rings. The summed E-state index contributed by atoms with van der Waals surface area (Å²) in [5.74, 6) is -0.830. The largest absolute Gasteiger partial charge is 0.487 e. The number of carbonyl (C=O) groups is 1. The van der Waals surface area contributed by atoms with Crippen LogP contribution < -0.4 is 15.0 Å². The number of halogens is 4. The highest BCUT2D eigenvalue weighted by atomic mass is 19.4. The average Bonchev–Trinajstić information content (AvgIpc) is 2.57. The zero-order chi connectivity index (χ0) is 20.5. The van der Waals surface area contributed by atoms with E-state index in [2.05, 4.69) is 10.3 Å². The minimum atomic E-state index is -4.84. The van der Waals surface area contributed by atoms with Crippen LogP contribution in [0.3, 0.4) is 0 Å². The van der Waals surface area contributed by atoms with Gasteiger partial charge in [0.15, 0.2) is 11.5 Å². The third-order valence-corrected chi connectivity index (χ3v) is 4.37. The molecule has 1 aliphatic rings. The summed E-state index contributed by atoms with van der Waals surface area (Å²) >= 11 is 0. The number of alkyl halides is 3. The highest BCUT2D eigenvalue weighted by Crippen LogP contribution is 2.32. The van der Waals surface area contributed by atoms with Crippen molar-refractivity contribution >= 4 is 11.7 Å². The second kappa shape index (κ2) is 7.65. The Bertz CT molecular complexity index is 849. The monoisotopic (exact) mass is 397 g/mol. The molecular formula is C19H19F4N3O2. The third kappa shape index (κ3) is 4.52. The first-order valence-corrected chi connectivity index (χ1v) is 8.66. The summed E-state index contributed by atoms with van der Waals surface area (Å²) in [6.45, 7) is 4.01. The van der Waals surface area contributed by atoms with Gasteiger partial charge in [0.25, 0.3) is 0 Å². The van der Waals surface area contributed by atoms with Crippen molar-refractivity contribution in [3.8, 4) is 5.75 Å². The molecule has 0 saturated carbocycles. The second-order valence-corrected chi connectivity index (χ2v) is 6.63. The molecule has 1 N–H and O–H groups in total. The quantitative estimate of drug-likeness (QED) is 0.782. The van der Waals surface area contributed by atoms with E-state index < -0.39 is 17.7 Å². The molecule has 5 nitrogen and oxygen atoms in total. The summed E-state index contributed by atoms with van der Waals surface area (Å²) in [5.41, 5.74) is -0.591. The summed E-state index contributed by atoms with van der Waals surface area (Å²) in [4.78, 5) is 16.1. The molecule has 3 rings (SSSR count). The number of amides is 1. The summed E-state index contributed by atoms with van der Waals surface area (Å²) < 4.78 is 57.4. The van der Waals surface area contributed by atoms with Gasteiger partial charge in [0.05, 0.1) is 19.1 Å². The van der Waals surface area contributed by atoms with Gasteiger partial charge in [0.1, 0.15) is 17.7 Å². The van der Waals surface area contributed by atoms with Gasteiger partial charge >= 0.3 is 6.18 Å². The Labute approximate surface area is 159 Å². The first kappa shape index (κ1) is 19.9. The molecule has 0 radical (unpaired) electrons. The maximum atomic E-state index is 13.3. The van der Waals surface area contributed by atoms with E-state index in [0.29, 0.717) is 18.8 Å². The topological polar surface area (TPSA) is 54.5 Å². The predicted molar refractivity (Wildman–Crippen MR) is 94.5 cm³/mol. The number of benzene rings is 1. The van der Waals surface area contributed by atoms with E-state index >= 15 is 0 Å². The molecule has 0 bridgehead atoms. The van der Waals surface area contributed by atoms with Crippen molar-refractivity contribution in [3.05, 3.63) is 53.5 Å². The van der Waals surface area contributed by atoms with Crippen molar-refractivity contribution < 1.29 is 27.1 Å². The van der Waals surface area contributed by atoms with Crippen LogP contribution in [0.2, 0.25) is 0 Å². The molecule has 0 aliphatic carbocycles. The first-order chi connectivity index (χ1) is 13.1. The Morgan fingerprint density at radius 3 is 2.43 bits per heavy atom. The van der Waals surface area contributed by atoms with Crippen molar-refractivity contribution in [2.45, 2.75) is 32.2 Å². The summed E-state index contributed by atoms with van der Waals surface area (Å²) in [5, 5.41) is 2.78. The molecule has 1 amide bonds. The molecule has 0 spiro atoms. The fourth-order valence-corrected chi connectivity index (χ4v) is 2.92. The number of ether oxygens (including phenoxy) is 1. The van der Waals surface area contributed by atoms with E-state index in [1.54, 1.807) is 17.0 Å². The van der Waals surface area contributed by atoms with Crippen molar-refractivity contribution in [1.82, 2.24) is 10.3 Å². The van der Waals surface area contributed by atoms with E-state index in [0.717, 1.165) is 11.6 Å². The fraction of sp³-hybridized carbons (Fsp3) is 0.368. The highest BCUT2D eigenvalue weighted by molar-refractivity contribution is 5.73. The second-order valence-electron chi connectivity index (χ2n) is 6.63. The standard InChI is InChI=1S/C19H19F4N3O2/c1-11(24-12(2)27)13-3-5-14(6-4-13)28-15-9-26(10-15)17-8-7-16(20)18(25-17)19(21,22)23/h3-8,11,15H,9-10H2,1-2H3,(H,24,27)/t11-/m0/s1. The number of rotatable bonds is 5. The van der Waals surface area contributed by atoms with Gasteiger partial charge in [0.2, 0.25) is 5.91 Å². The molecule has 1 aromatic heterocycles.